The van der Waals surface area contributed by atoms with E-state index in [9.17, 15) is 9.59 Å². The van der Waals surface area contributed by atoms with Crippen LogP contribution in [-0.4, -0.2) is 83.7 Å². The number of hydrogen-bond donors (Lipinski definition) is 2. The summed E-state index contributed by atoms with van der Waals surface area (Å²) >= 11 is 1.77. The van der Waals surface area contributed by atoms with Gasteiger partial charge in [-0.1, -0.05) is 13.8 Å². The van der Waals surface area contributed by atoms with E-state index in [1.807, 2.05) is 23.6 Å². The molecule has 1 unspecified atom stereocenters. The van der Waals surface area contributed by atoms with Gasteiger partial charge in [0.2, 0.25) is 11.8 Å². The van der Waals surface area contributed by atoms with E-state index in [1.165, 1.54) is 0 Å². The number of nitrogens with one attached hydrogen (secondary N) is 1. The molecule has 0 aromatic carbocycles. The monoisotopic (exact) mass is 356 g/mol. The number of ether oxygens (including phenoxy) is 1. The minimum Gasteiger partial charge on any atom is -0.378 e. The van der Waals surface area contributed by atoms with E-state index in [4.69, 9.17) is 10.5 Å². The number of morpholine rings is 1. The van der Waals surface area contributed by atoms with Gasteiger partial charge in [-0.15, -0.1) is 11.8 Å². The average Bonchev–Trinajstić information content (AvgIpc) is 3.21. The summed E-state index contributed by atoms with van der Waals surface area (Å²) in [7, 11) is 0. The van der Waals surface area contributed by atoms with E-state index >= 15 is 0 Å². The molecule has 0 radical (unpaired) electrons. The first kappa shape index (κ1) is 18.0. The number of thioether (sulfide) groups is 1. The zero-order chi connectivity index (χ0) is 17.3. The highest BCUT2D eigenvalue weighted by Gasteiger charge is 2.48. The van der Waals surface area contributed by atoms with Crippen LogP contribution in [0.3, 0.4) is 0 Å². The topological polar surface area (TPSA) is 87.9 Å². The van der Waals surface area contributed by atoms with Gasteiger partial charge in [-0.05, 0) is 12.3 Å². The molecule has 2 amide bonds. The predicted molar refractivity (Wildman–Crippen MR) is 93.5 cm³/mol. The highest BCUT2D eigenvalue weighted by atomic mass is 32.2. The minimum atomic E-state index is -0.447. The van der Waals surface area contributed by atoms with Gasteiger partial charge in [-0.3, -0.25) is 14.9 Å². The maximum atomic E-state index is 12.6. The maximum Gasteiger partial charge on any atom is 0.240 e. The first-order valence-electron chi connectivity index (χ1n) is 8.74. The lowest BCUT2D eigenvalue weighted by Gasteiger charge is -2.30. The normalized spacial score (nSPS) is 31.9. The Morgan fingerprint density at radius 1 is 1.25 bits per heavy atom. The summed E-state index contributed by atoms with van der Waals surface area (Å²) in [5.41, 5.74) is 6.01. The highest BCUT2D eigenvalue weighted by Crippen LogP contribution is 2.39. The van der Waals surface area contributed by atoms with Crippen LogP contribution in [0, 0.1) is 5.92 Å². The van der Waals surface area contributed by atoms with Crippen LogP contribution in [0.1, 0.15) is 20.3 Å². The molecule has 3 aliphatic heterocycles. The molecule has 3 atom stereocenters. The third kappa shape index (κ3) is 3.56. The van der Waals surface area contributed by atoms with Gasteiger partial charge in [0.1, 0.15) is 0 Å². The number of carbonyl (C=O) groups excluding carboxylic acids is 2. The van der Waals surface area contributed by atoms with Crippen molar-refractivity contribution in [3.05, 3.63) is 0 Å². The smallest absolute Gasteiger partial charge is 0.240 e. The Morgan fingerprint density at radius 2 is 1.96 bits per heavy atom. The van der Waals surface area contributed by atoms with E-state index in [2.05, 4.69) is 5.32 Å². The Kier molecular flexibility index (Phi) is 5.39. The number of carbonyl (C=O) groups is 2. The second-order valence-electron chi connectivity index (χ2n) is 7.22. The van der Waals surface area contributed by atoms with Crippen molar-refractivity contribution in [1.82, 2.24) is 15.1 Å². The molecular formula is C16H28N4O3S. The molecule has 3 rings (SSSR count). The van der Waals surface area contributed by atoms with Crippen molar-refractivity contribution in [2.45, 2.75) is 37.2 Å². The van der Waals surface area contributed by atoms with Gasteiger partial charge in [0, 0.05) is 31.9 Å². The second-order valence-corrected chi connectivity index (χ2v) is 8.62. The van der Waals surface area contributed by atoms with Gasteiger partial charge < -0.3 is 20.3 Å². The van der Waals surface area contributed by atoms with Crippen molar-refractivity contribution >= 4 is 23.6 Å². The molecule has 3 fully saturated rings. The van der Waals surface area contributed by atoms with Crippen LogP contribution in [0.25, 0.3) is 0 Å². The number of nitrogens with two attached hydrogens (primary N) is 1. The summed E-state index contributed by atoms with van der Waals surface area (Å²) in [4.78, 5) is 28.7. The molecule has 0 aromatic heterocycles. The SMILES string of the molecule is CC(C)[C@H](N)C(=O)N1CCC2(C1)N[C@H](C(=O)N1CCOCC1)CS2. The lowest BCUT2D eigenvalue weighted by Crippen LogP contribution is -2.54. The second kappa shape index (κ2) is 7.19. The molecule has 3 N–H and O–H groups in total. The summed E-state index contributed by atoms with van der Waals surface area (Å²) in [6.07, 6.45) is 0.862. The number of hydrogen-bond acceptors (Lipinski definition) is 6. The van der Waals surface area contributed by atoms with E-state index in [0.717, 1.165) is 12.2 Å². The zero-order valence-corrected chi connectivity index (χ0v) is 15.3. The summed E-state index contributed by atoms with van der Waals surface area (Å²) in [6.45, 7) is 7.84. The van der Waals surface area contributed by atoms with Crippen LogP contribution < -0.4 is 11.1 Å². The molecule has 0 aromatic rings. The van der Waals surface area contributed by atoms with E-state index in [-0.39, 0.29) is 28.6 Å². The van der Waals surface area contributed by atoms with Gasteiger partial charge >= 0.3 is 0 Å². The summed E-state index contributed by atoms with van der Waals surface area (Å²) < 4.78 is 5.31. The van der Waals surface area contributed by atoms with Crippen molar-refractivity contribution in [3.63, 3.8) is 0 Å². The van der Waals surface area contributed by atoms with Gasteiger partial charge in [-0.2, -0.15) is 0 Å². The van der Waals surface area contributed by atoms with Crippen molar-refractivity contribution in [2.24, 2.45) is 11.7 Å². The van der Waals surface area contributed by atoms with Crippen LogP contribution in [0.4, 0.5) is 0 Å². The molecule has 3 aliphatic rings. The Morgan fingerprint density at radius 3 is 2.62 bits per heavy atom. The maximum absolute atomic E-state index is 12.6. The molecule has 136 valence electrons. The third-order valence-corrected chi connectivity index (χ3v) is 6.63. The third-order valence-electron chi connectivity index (χ3n) is 5.13. The van der Waals surface area contributed by atoms with Crippen LogP contribution in [0.2, 0.25) is 0 Å². The number of nitrogens with zero attached hydrogens (tertiary/aromatic N) is 2. The molecule has 8 heteroatoms. The van der Waals surface area contributed by atoms with Crippen LogP contribution in [0.5, 0.6) is 0 Å². The minimum absolute atomic E-state index is 0.0206. The molecular weight excluding hydrogens is 328 g/mol. The van der Waals surface area contributed by atoms with E-state index in [0.29, 0.717) is 39.4 Å². The van der Waals surface area contributed by atoms with Crippen molar-refractivity contribution < 1.29 is 14.3 Å². The van der Waals surface area contributed by atoms with Gasteiger partial charge in [0.25, 0.3) is 0 Å². The summed E-state index contributed by atoms with van der Waals surface area (Å²) in [5.74, 6) is 1.07. The standard InChI is InChI=1S/C16H28N4O3S/c1-11(2)13(17)15(22)20-4-3-16(10-20)18-12(9-24-16)14(21)19-5-7-23-8-6-19/h11-13,18H,3-10,17H2,1-2H3/t12-,13-,16?/m0/s1. The quantitative estimate of drug-likeness (QED) is 0.706. The summed E-state index contributed by atoms with van der Waals surface area (Å²) in [6, 6.07) is -0.612. The van der Waals surface area contributed by atoms with Crippen molar-refractivity contribution in [3.8, 4) is 0 Å². The molecule has 24 heavy (non-hydrogen) atoms. The average molecular weight is 356 g/mol. The molecule has 7 nitrogen and oxygen atoms in total. The van der Waals surface area contributed by atoms with Crippen LogP contribution >= 0.6 is 11.8 Å². The molecule has 0 saturated carbocycles. The largest absolute Gasteiger partial charge is 0.378 e. The van der Waals surface area contributed by atoms with Gasteiger partial charge in [0.05, 0.1) is 30.2 Å². The lowest BCUT2D eigenvalue weighted by atomic mass is 10.0. The first-order chi connectivity index (χ1) is 11.4. The fourth-order valence-electron chi connectivity index (χ4n) is 3.48. The van der Waals surface area contributed by atoms with Crippen molar-refractivity contribution in [2.75, 3.05) is 45.1 Å². The Labute approximate surface area is 147 Å². The van der Waals surface area contributed by atoms with Gasteiger partial charge in [0.15, 0.2) is 0 Å². The fourth-order valence-corrected chi connectivity index (χ4v) is 4.90. The van der Waals surface area contributed by atoms with Gasteiger partial charge in [-0.25, -0.2) is 0 Å². The molecule has 3 saturated heterocycles. The van der Waals surface area contributed by atoms with Crippen molar-refractivity contribution in [1.29, 1.82) is 0 Å². The van der Waals surface area contributed by atoms with Crippen LogP contribution in [-0.2, 0) is 14.3 Å². The molecule has 0 bridgehead atoms. The highest BCUT2D eigenvalue weighted by molar-refractivity contribution is 8.01. The van der Waals surface area contributed by atoms with Crippen LogP contribution in [0.15, 0.2) is 0 Å². The summed E-state index contributed by atoms with van der Waals surface area (Å²) in [5, 5.41) is 3.51. The number of likely N-dealkylation sites (tertiary alicyclic amines) is 1. The number of amides is 2. The Bertz CT molecular complexity index is 498. The zero-order valence-electron chi connectivity index (χ0n) is 14.5. The fraction of sp³-hybridized carbons (Fsp3) is 0.875. The lowest BCUT2D eigenvalue weighted by molar-refractivity contribution is -0.137. The molecule has 0 aliphatic carbocycles. The molecule has 3 heterocycles. The Balaban J connectivity index is 1.57. The first-order valence-corrected chi connectivity index (χ1v) is 9.73. The molecule has 1 spiro atoms. The Hall–Kier alpha value is -0.830. The predicted octanol–water partition coefficient (Wildman–Crippen LogP) is -0.538. The number of rotatable bonds is 3. The van der Waals surface area contributed by atoms with E-state index in [1.54, 1.807) is 11.8 Å². The van der Waals surface area contributed by atoms with E-state index < -0.39 is 6.04 Å².